The summed E-state index contributed by atoms with van der Waals surface area (Å²) in [5.41, 5.74) is 0. The first-order valence-corrected chi connectivity index (χ1v) is 3.70. The van der Waals surface area contributed by atoms with Gasteiger partial charge in [-0.3, -0.25) is 0 Å². The van der Waals surface area contributed by atoms with E-state index in [9.17, 15) is 0 Å². The van der Waals surface area contributed by atoms with Gasteiger partial charge >= 0.3 is 0 Å². The van der Waals surface area contributed by atoms with Gasteiger partial charge in [0.2, 0.25) is 0 Å². The quantitative estimate of drug-likeness (QED) is 0.510. The van der Waals surface area contributed by atoms with Gasteiger partial charge in [0.05, 0.1) is 4.71 Å². The Kier molecular flexibility index (Phi) is 4.22. The topological polar surface area (TPSA) is 0 Å². The van der Waals surface area contributed by atoms with Gasteiger partial charge in [-0.05, 0) is 12.7 Å². The Hall–Kier alpha value is 0.640. The van der Waals surface area contributed by atoms with E-state index in [1.807, 2.05) is 6.26 Å². The SMILES string of the molecule is CC[C@H](Cl)SC. The van der Waals surface area contributed by atoms with E-state index in [0.29, 0.717) is 4.71 Å². The van der Waals surface area contributed by atoms with Gasteiger partial charge in [-0.1, -0.05) is 6.92 Å². The molecule has 0 radical (unpaired) electrons. The van der Waals surface area contributed by atoms with E-state index in [-0.39, 0.29) is 0 Å². The second kappa shape index (κ2) is 3.82. The van der Waals surface area contributed by atoms with Crippen molar-refractivity contribution in [3.05, 3.63) is 0 Å². The van der Waals surface area contributed by atoms with Crippen LogP contribution in [0.3, 0.4) is 0 Å². The van der Waals surface area contributed by atoms with Crippen LogP contribution in [-0.2, 0) is 0 Å². The standard InChI is InChI=1S/C4H9ClS/c1-3-4(5)6-2/h4H,3H2,1-2H3/t4-/m1/s1. The first-order chi connectivity index (χ1) is 2.81. The largest absolute Gasteiger partial charge is 0.146 e. The van der Waals surface area contributed by atoms with Gasteiger partial charge in [0.15, 0.2) is 0 Å². The van der Waals surface area contributed by atoms with Crippen LogP contribution in [0.2, 0.25) is 0 Å². The van der Waals surface area contributed by atoms with E-state index >= 15 is 0 Å². The molecule has 0 N–H and O–H groups in total. The molecule has 0 aliphatic carbocycles. The molecule has 1 atom stereocenters. The average molecular weight is 125 g/mol. The molecule has 0 aromatic heterocycles. The lowest BCUT2D eigenvalue weighted by Crippen LogP contribution is -1.82. The van der Waals surface area contributed by atoms with E-state index in [4.69, 9.17) is 11.6 Å². The zero-order valence-corrected chi connectivity index (χ0v) is 5.64. The van der Waals surface area contributed by atoms with Crippen LogP contribution < -0.4 is 0 Å². The van der Waals surface area contributed by atoms with Gasteiger partial charge in [0, 0.05) is 0 Å². The molecule has 0 fully saturated rings. The van der Waals surface area contributed by atoms with Gasteiger partial charge in [-0.2, -0.15) is 0 Å². The molecule has 0 heterocycles. The highest BCUT2D eigenvalue weighted by Gasteiger charge is 1.92. The molecule has 0 amide bonds. The lowest BCUT2D eigenvalue weighted by atomic mass is 10.6. The normalized spacial score (nSPS) is 14.5. The van der Waals surface area contributed by atoms with E-state index in [2.05, 4.69) is 6.92 Å². The summed E-state index contributed by atoms with van der Waals surface area (Å²) < 4.78 is 0.324. The van der Waals surface area contributed by atoms with Crippen LogP contribution in [0.5, 0.6) is 0 Å². The number of halogens is 1. The van der Waals surface area contributed by atoms with Gasteiger partial charge in [0.25, 0.3) is 0 Å². The van der Waals surface area contributed by atoms with Crippen LogP contribution >= 0.6 is 23.4 Å². The maximum atomic E-state index is 5.61. The number of thioether (sulfide) groups is 1. The summed E-state index contributed by atoms with van der Waals surface area (Å²) in [6.45, 7) is 2.08. The molecule has 0 nitrogen and oxygen atoms in total. The van der Waals surface area contributed by atoms with Gasteiger partial charge in [-0.15, -0.1) is 23.4 Å². The molecule has 0 saturated carbocycles. The fourth-order valence-electron chi connectivity index (χ4n) is 0.167. The van der Waals surface area contributed by atoms with E-state index < -0.39 is 0 Å². The third kappa shape index (κ3) is 2.86. The van der Waals surface area contributed by atoms with Crippen molar-refractivity contribution in [2.24, 2.45) is 0 Å². The summed E-state index contributed by atoms with van der Waals surface area (Å²) >= 11 is 7.30. The van der Waals surface area contributed by atoms with Crippen molar-refractivity contribution >= 4 is 23.4 Å². The van der Waals surface area contributed by atoms with Crippen molar-refractivity contribution < 1.29 is 0 Å². The van der Waals surface area contributed by atoms with Crippen molar-refractivity contribution in [1.29, 1.82) is 0 Å². The summed E-state index contributed by atoms with van der Waals surface area (Å²) in [7, 11) is 0. The molecule has 2 heteroatoms. The van der Waals surface area contributed by atoms with Crippen molar-refractivity contribution in [2.75, 3.05) is 6.26 Å². The first-order valence-electron chi connectivity index (χ1n) is 1.98. The maximum absolute atomic E-state index is 5.61. The summed E-state index contributed by atoms with van der Waals surface area (Å²) in [6, 6.07) is 0. The highest BCUT2D eigenvalue weighted by molar-refractivity contribution is 8.00. The van der Waals surface area contributed by atoms with Crippen molar-refractivity contribution in [2.45, 2.75) is 18.1 Å². The molecular formula is C4H9ClS. The highest BCUT2D eigenvalue weighted by Crippen LogP contribution is 2.13. The van der Waals surface area contributed by atoms with Gasteiger partial charge < -0.3 is 0 Å². The summed E-state index contributed by atoms with van der Waals surface area (Å²) in [6.07, 6.45) is 3.07. The smallest absolute Gasteiger partial charge is 0.0783 e. The first kappa shape index (κ1) is 6.64. The molecule has 0 aromatic rings. The summed E-state index contributed by atoms with van der Waals surface area (Å²) in [5.74, 6) is 0. The van der Waals surface area contributed by atoms with Crippen LogP contribution in [-0.4, -0.2) is 11.0 Å². The molecule has 0 aliphatic rings. The van der Waals surface area contributed by atoms with Crippen LogP contribution in [0.25, 0.3) is 0 Å². The predicted molar refractivity (Wildman–Crippen MR) is 33.4 cm³/mol. The van der Waals surface area contributed by atoms with Crippen LogP contribution in [0.1, 0.15) is 13.3 Å². The number of hydrogen-bond acceptors (Lipinski definition) is 1. The monoisotopic (exact) mass is 124 g/mol. The minimum absolute atomic E-state index is 0.324. The minimum atomic E-state index is 0.324. The van der Waals surface area contributed by atoms with Crippen LogP contribution in [0.4, 0.5) is 0 Å². The Bertz CT molecular complexity index is 26.7. The Balaban J connectivity index is 2.75. The van der Waals surface area contributed by atoms with E-state index in [0.717, 1.165) is 6.42 Å². The van der Waals surface area contributed by atoms with Crippen molar-refractivity contribution in [3.8, 4) is 0 Å². The highest BCUT2D eigenvalue weighted by atomic mass is 35.5. The number of alkyl halides is 1. The third-order valence-corrected chi connectivity index (χ3v) is 2.26. The van der Waals surface area contributed by atoms with Crippen LogP contribution in [0.15, 0.2) is 0 Å². The van der Waals surface area contributed by atoms with Crippen molar-refractivity contribution in [3.63, 3.8) is 0 Å². The Morgan fingerprint density at radius 3 is 2.33 bits per heavy atom. The maximum Gasteiger partial charge on any atom is 0.0783 e. The second-order valence-corrected chi connectivity index (χ2v) is 2.88. The molecule has 0 unspecified atom stereocenters. The van der Waals surface area contributed by atoms with Gasteiger partial charge in [0.1, 0.15) is 0 Å². The molecule has 0 bridgehead atoms. The lowest BCUT2D eigenvalue weighted by Gasteiger charge is -1.95. The van der Waals surface area contributed by atoms with E-state index in [1.54, 1.807) is 11.8 Å². The molecule has 38 valence electrons. The molecule has 6 heavy (non-hydrogen) atoms. The molecule has 0 aromatic carbocycles. The second-order valence-electron chi connectivity index (χ2n) is 1.05. The summed E-state index contributed by atoms with van der Waals surface area (Å²) in [4.78, 5) is 0. The Labute approximate surface area is 48.3 Å². The molecule has 0 rings (SSSR count). The Morgan fingerprint density at radius 2 is 2.33 bits per heavy atom. The minimum Gasteiger partial charge on any atom is -0.146 e. The molecule has 0 aliphatic heterocycles. The van der Waals surface area contributed by atoms with E-state index in [1.165, 1.54) is 0 Å². The average Bonchev–Trinajstić information content (AvgIpc) is 1.65. The number of rotatable bonds is 2. The molecule has 0 spiro atoms. The van der Waals surface area contributed by atoms with Crippen molar-refractivity contribution in [1.82, 2.24) is 0 Å². The molecular weight excluding hydrogens is 116 g/mol. The van der Waals surface area contributed by atoms with Crippen LogP contribution in [0, 0.1) is 0 Å². The summed E-state index contributed by atoms with van der Waals surface area (Å²) in [5, 5.41) is 0. The lowest BCUT2D eigenvalue weighted by molar-refractivity contribution is 1.05. The Morgan fingerprint density at radius 1 is 1.83 bits per heavy atom. The third-order valence-electron chi connectivity index (χ3n) is 0.577. The number of hydrogen-bond donors (Lipinski definition) is 0. The van der Waals surface area contributed by atoms with Gasteiger partial charge in [-0.25, -0.2) is 0 Å². The fourth-order valence-corrected chi connectivity index (χ4v) is 0.500. The zero-order chi connectivity index (χ0) is 4.99. The zero-order valence-electron chi connectivity index (χ0n) is 4.07. The predicted octanol–water partition coefficient (Wildman–Crippen LogP) is 2.32. The molecule has 0 saturated heterocycles. The fraction of sp³-hybridized carbons (Fsp3) is 1.00.